The predicted octanol–water partition coefficient (Wildman–Crippen LogP) is 1.99. The van der Waals surface area contributed by atoms with Crippen molar-refractivity contribution < 1.29 is 4.42 Å². The van der Waals surface area contributed by atoms with Gasteiger partial charge in [-0.3, -0.25) is 0 Å². The van der Waals surface area contributed by atoms with Gasteiger partial charge < -0.3 is 4.42 Å². The molecule has 2 aromatic rings. The molecule has 0 spiro atoms. The molecular formula is C9H7ClN2O2. The van der Waals surface area contributed by atoms with E-state index >= 15 is 0 Å². The van der Waals surface area contributed by atoms with Crippen LogP contribution >= 0.6 is 11.6 Å². The minimum atomic E-state index is -0.586. The third-order valence-corrected chi connectivity index (χ3v) is 2.36. The second kappa shape index (κ2) is 3.31. The smallest absolute Gasteiger partial charge is 0.388 e. The van der Waals surface area contributed by atoms with E-state index in [9.17, 15) is 4.79 Å². The largest absolute Gasteiger partial charge is 0.434 e. The summed E-state index contributed by atoms with van der Waals surface area (Å²) in [5, 5.41) is 6.43. The predicted molar refractivity (Wildman–Crippen MR) is 52.3 cm³/mol. The van der Waals surface area contributed by atoms with Crippen LogP contribution in [0.25, 0.3) is 11.5 Å². The molecule has 0 radical (unpaired) electrons. The number of H-pyrrole nitrogens is 1. The van der Waals surface area contributed by atoms with E-state index in [1.54, 1.807) is 6.07 Å². The highest BCUT2D eigenvalue weighted by Crippen LogP contribution is 2.27. The van der Waals surface area contributed by atoms with Gasteiger partial charge in [-0.15, -0.1) is 5.10 Å². The second-order valence-corrected chi connectivity index (χ2v) is 3.23. The van der Waals surface area contributed by atoms with Gasteiger partial charge in [0, 0.05) is 0 Å². The Bertz CT molecular complexity index is 516. The maximum atomic E-state index is 10.7. The van der Waals surface area contributed by atoms with Crippen LogP contribution in [0.5, 0.6) is 0 Å². The Kier molecular flexibility index (Phi) is 2.13. The van der Waals surface area contributed by atoms with Crippen molar-refractivity contribution in [2.75, 3.05) is 0 Å². The molecule has 1 heterocycles. The molecule has 5 heteroatoms. The third kappa shape index (κ3) is 1.44. The minimum Gasteiger partial charge on any atom is -0.388 e. The Morgan fingerprint density at radius 3 is 2.93 bits per heavy atom. The Morgan fingerprint density at radius 2 is 2.29 bits per heavy atom. The molecule has 0 aliphatic carbocycles. The lowest BCUT2D eigenvalue weighted by Crippen LogP contribution is -1.93. The van der Waals surface area contributed by atoms with Crippen LogP contribution in [0.4, 0.5) is 0 Å². The van der Waals surface area contributed by atoms with Gasteiger partial charge in [-0.1, -0.05) is 23.7 Å². The Hall–Kier alpha value is -1.55. The van der Waals surface area contributed by atoms with Crippen molar-refractivity contribution in [2.45, 2.75) is 6.92 Å². The molecule has 0 aliphatic rings. The standard InChI is InChI=1S/C9H7ClN2O2/c1-5-3-2-4-6(7(5)10)8-11-12-9(13)14-8/h2-4H,1H3,(H,12,13). The lowest BCUT2D eigenvalue weighted by molar-refractivity contribution is 0.527. The number of aryl methyl sites for hydroxylation is 1. The zero-order chi connectivity index (χ0) is 10.1. The summed E-state index contributed by atoms with van der Waals surface area (Å²) in [7, 11) is 0. The van der Waals surface area contributed by atoms with Gasteiger partial charge in [0.2, 0.25) is 0 Å². The molecule has 14 heavy (non-hydrogen) atoms. The zero-order valence-electron chi connectivity index (χ0n) is 7.37. The SMILES string of the molecule is Cc1cccc(-c2n[nH]c(=O)o2)c1Cl. The number of hydrogen-bond donors (Lipinski definition) is 1. The zero-order valence-corrected chi connectivity index (χ0v) is 8.13. The minimum absolute atomic E-state index is 0.212. The Balaban J connectivity index is 2.62. The number of nitrogens with one attached hydrogen (secondary N) is 1. The fraction of sp³-hybridized carbons (Fsp3) is 0.111. The van der Waals surface area contributed by atoms with Crippen molar-refractivity contribution in [1.82, 2.24) is 10.2 Å². The van der Waals surface area contributed by atoms with Crippen molar-refractivity contribution in [2.24, 2.45) is 0 Å². The molecule has 1 aromatic carbocycles. The average molecular weight is 211 g/mol. The molecule has 1 N–H and O–H groups in total. The van der Waals surface area contributed by atoms with Crippen LogP contribution in [0.2, 0.25) is 5.02 Å². The molecule has 0 amide bonds. The first-order valence-corrected chi connectivity index (χ1v) is 4.37. The van der Waals surface area contributed by atoms with Crippen LogP contribution < -0.4 is 5.76 Å². The quantitative estimate of drug-likeness (QED) is 0.783. The van der Waals surface area contributed by atoms with Crippen LogP contribution in [0, 0.1) is 6.92 Å². The molecule has 0 atom stereocenters. The van der Waals surface area contributed by atoms with Crippen molar-refractivity contribution in [3.05, 3.63) is 39.3 Å². The summed E-state index contributed by atoms with van der Waals surface area (Å²) in [4.78, 5) is 10.7. The normalized spacial score (nSPS) is 10.4. The van der Waals surface area contributed by atoms with Crippen molar-refractivity contribution in [3.63, 3.8) is 0 Å². The van der Waals surface area contributed by atoms with E-state index in [1.165, 1.54) is 0 Å². The molecular weight excluding hydrogens is 204 g/mol. The van der Waals surface area contributed by atoms with Gasteiger partial charge in [-0.2, -0.15) is 0 Å². The number of nitrogens with zero attached hydrogens (tertiary/aromatic N) is 1. The lowest BCUT2D eigenvalue weighted by atomic mass is 10.1. The second-order valence-electron chi connectivity index (χ2n) is 2.85. The number of benzene rings is 1. The number of halogens is 1. The van der Waals surface area contributed by atoms with E-state index in [-0.39, 0.29) is 5.89 Å². The fourth-order valence-corrected chi connectivity index (χ4v) is 1.36. The molecule has 0 saturated carbocycles. The van der Waals surface area contributed by atoms with E-state index in [1.807, 2.05) is 19.1 Å². The maximum Gasteiger partial charge on any atom is 0.434 e. The van der Waals surface area contributed by atoms with Gasteiger partial charge in [-0.05, 0) is 18.6 Å². The third-order valence-electron chi connectivity index (χ3n) is 1.86. The molecule has 2 rings (SSSR count). The summed E-state index contributed by atoms with van der Waals surface area (Å²) in [6, 6.07) is 5.44. The molecule has 0 bridgehead atoms. The first-order valence-electron chi connectivity index (χ1n) is 3.99. The number of aromatic nitrogens is 2. The Morgan fingerprint density at radius 1 is 1.50 bits per heavy atom. The highest BCUT2D eigenvalue weighted by molar-refractivity contribution is 6.33. The van der Waals surface area contributed by atoms with Crippen LogP contribution in [0.1, 0.15) is 5.56 Å². The van der Waals surface area contributed by atoms with Gasteiger partial charge in [0.05, 0.1) is 10.6 Å². The fourth-order valence-electron chi connectivity index (χ4n) is 1.16. The van der Waals surface area contributed by atoms with Gasteiger partial charge in [0.15, 0.2) is 0 Å². The molecule has 72 valence electrons. The summed E-state index contributed by atoms with van der Waals surface area (Å²) in [5.74, 6) is -0.374. The molecule has 4 nitrogen and oxygen atoms in total. The molecule has 0 unspecified atom stereocenters. The highest BCUT2D eigenvalue weighted by atomic mass is 35.5. The Labute approximate surface area is 84.5 Å². The van der Waals surface area contributed by atoms with Crippen LogP contribution in [-0.4, -0.2) is 10.2 Å². The van der Waals surface area contributed by atoms with Crippen LogP contribution in [-0.2, 0) is 0 Å². The molecule has 1 aromatic heterocycles. The van der Waals surface area contributed by atoms with Gasteiger partial charge in [0.25, 0.3) is 5.89 Å². The topological polar surface area (TPSA) is 58.9 Å². The average Bonchev–Trinajstić information content (AvgIpc) is 2.57. The summed E-state index contributed by atoms with van der Waals surface area (Å²) in [6.45, 7) is 1.87. The number of rotatable bonds is 1. The summed E-state index contributed by atoms with van der Waals surface area (Å²) in [6.07, 6.45) is 0. The maximum absolute atomic E-state index is 10.7. The van der Waals surface area contributed by atoms with Crippen LogP contribution in [0.3, 0.4) is 0 Å². The van der Waals surface area contributed by atoms with Gasteiger partial charge >= 0.3 is 5.76 Å². The van der Waals surface area contributed by atoms with E-state index in [2.05, 4.69) is 10.2 Å². The van der Waals surface area contributed by atoms with E-state index in [4.69, 9.17) is 16.0 Å². The first-order chi connectivity index (χ1) is 6.68. The van der Waals surface area contributed by atoms with Gasteiger partial charge in [0.1, 0.15) is 0 Å². The first kappa shape index (κ1) is 9.02. The van der Waals surface area contributed by atoms with Gasteiger partial charge in [-0.25, -0.2) is 9.89 Å². The van der Waals surface area contributed by atoms with E-state index < -0.39 is 5.76 Å². The number of aromatic amines is 1. The van der Waals surface area contributed by atoms with Crippen molar-refractivity contribution >= 4 is 11.6 Å². The summed E-state index contributed by atoms with van der Waals surface area (Å²) < 4.78 is 4.80. The lowest BCUT2D eigenvalue weighted by Gasteiger charge is -2.00. The van der Waals surface area contributed by atoms with E-state index in [0.717, 1.165) is 5.56 Å². The molecule has 0 aliphatic heterocycles. The highest BCUT2D eigenvalue weighted by Gasteiger charge is 2.10. The van der Waals surface area contributed by atoms with Crippen molar-refractivity contribution in [1.29, 1.82) is 0 Å². The van der Waals surface area contributed by atoms with Crippen LogP contribution in [0.15, 0.2) is 27.4 Å². The monoisotopic (exact) mass is 210 g/mol. The summed E-state index contributed by atoms with van der Waals surface area (Å²) >= 11 is 6.02. The molecule has 0 saturated heterocycles. The number of hydrogen-bond acceptors (Lipinski definition) is 3. The molecule has 0 fully saturated rings. The summed E-state index contributed by atoms with van der Waals surface area (Å²) in [5.41, 5.74) is 1.53. The van der Waals surface area contributed by atoms with Crippen molar-refractivity contribution in [3.8, 4) is 11.5 Å². The van der Waals surface area contributed by atoms with E-state index in [0.29, 0.717) is 10.6 Å².